The summed E-state index contributed by atoms with van der Waals surface area (Å²) < 4.78 is 7.20. The molecule has 4 nitrogen and oxygen atoms in total. The Labute approximate surface area is 180 Å². The fourth-order valence-corrected chi connectivity index (χ4v) is 7.06. The molecule has 6 atom stereocenters. The Morgan fingerprint density at radius 3 is 2.54 bits per heavy atom. The van der Waals surface area contributed by atoms with E-state index in [1.54, 1.807) is 0 Å². The van der Waals surface area contributed by atoms with E-state index in [0.717, 1.165) is 32.1 Å². The fraction of sp³-hybridized carbons (Fsp3) is 0.409. The molecule has 2 aromatic rings. The van der Waals surface area contributed by atoms with Gasteiger partial charge in [0.1, 0.15) is 5.60 Å². The van der Waals surface area contributed by atoms with E-state index in [-0.39, 0.29) is 24.4 Å². The summed E-state index contributed by atoms with van der Waals surface area (Å²) in [4.78, 5) is 12.7. The van der Waals surface area contributed by atoms with E-state index >= 15 is 0 Å². The number of benzene rings is 2. The molecule has 0 radical (unpaired) electrons. The van der Waals surface area contributed by atoms with Crippen molar-refractivity contribution in [3.8, 4) is 0 Å². The molecule has 0 bridgehead atoms. The Morgan fingerprint density at radius 1 is 1.07 bits per heavy atom. The van der Waals surface area contributed by atoms with Crippen molar-refractivity contribution in [3.63, 3.8) is 0 Å². The van der Waals surface area contributed by atoms with Gasteiger partial charge in [-0.15, -0.1) is 0 Å². The van der Waals surface area contributed by atoms with E-state index in [9.17, 15) is 15.0 Å². The van der Waals surface area contributed by atoms with Gasteiger partial charge in [-0.1, -0.05) is 56.1 Å². The maximum Gasteiger partial charge on any atom is 0.310 e. The molecule has 6 heteroatoms. The van der Waals surface area contributed by atoms with Crippen molar-refractivity contribution in [1.29, 1.82) is 0 Å². The van der Waals surface area contributed by atoms with Crippen LogP contribution in [0.25, 0.3) is 0 Å². The quantitative estimate of drug-likeness (QED) is 0.574. The first-order valence-corrected chi connectivity index (χ1v) is 11.1. The number of aliphatic hydroxyl groups excluding tert-OH is 1. The molecule has 1 heterocycles. The van der Waals surface area contributed by atoms with Crippen LogP contribution in [0, 0.1) is 17.8 Å². The smallest absolute Gasteiger partial charge is 0.310 e. The lowest BCUT2D eigenvalue weighted by molar-refractivity contribution is -0.190. The predicted octanol–water partition coefficient (Wildman–Crippen LogP) is 3.91. The highest BCUT2D eigenvalue weighted by Crippen LogP contribution is 2.59. The van der Waals surface area contributed by atoms with Gasteiger partial charge in [-0.05, 0) is 47.7 Å². The number of ether oxygens (including phenoxy) is 1. The summed E-state index contributed by atoms with van der Waals surface area (Å²) in [6, 6.07) is 13.8. The van der Waals surface area contributed by atoms with E-state index in [4.69, 9.17) is 4.74 Å². The summed E-state index contributed by atoms with van der Waals surface area (Å²) in [6.07, 6.45) is 0.478. The fourth-order valence-electron chi connectivity index (χ4n) is 5.73. The van der Waals surface area contributed by atoms with Crippen molar-refractivity contribution >= 4 is 37.8 Å². The zero-order valence-electron chi connectivity index (χ0n) is 15.0. The Kier molecular flexibility index (Phi) is 4.47. The van der Waals surface area contributed by atoms with E-state index in [1.807, 2.05) is 42.5 Å². The zero-order valence-corrected chi connectivity index (χ0v) is 18.2. The van der Waals surface area contributed by atoms with Crippen molar-refractivity contribution in [2.45, 2.75) is 30.5 Å². The van der Waals surface area contributed by atoms with Gasteiger partial charge < -0.3 is 14.9 Å². The van der Waals surface area contributed by atoms with Crippen LogP contribution >= 0.6 is 31.9 Å². The first-order chi connectivity index (χ1) is 13.4. The summed E-state index contributed by atoms with van der Waals surface area (Å²) in [6.45, 7) is 0.146. The first-order valence-electron chi connectivity index (χ1n) is 9.52. The third kappa shape index (κ3) is 2.58. The topological polar surface area (TPSA) is 66.8 Å². The number of aliphatic hydroxyl groups is 2. The molecule has 146 valence electrons. The van der Waals surface area contributed by atoms with Gasteiger partial charge in [-0.2, -0.15) is 0 Å². The third-order valence-electron chi connectivity index (χ3n) is 6.84. The lowest BCUT2D eigenvalue weighted by Gasteiger charge is -2.54. The molecule has 1 saturated carbocycles. The van der Waals surface area contributed by atoms with E-state index in [2.05, 4.69) is 31.9 Å². The minimum atomic E-state index is -1.40. The first kappa shape index (κ1) is 18.8. The van der Waals surface area contributed by atoms with Crippen LogP contribution in [0.15, 0.2) is 51.4 Å². The summed E-state index contributed by atoms with van der Waals surface area (Å²) >= 11 is 7.10. The van der Waals surface area contributed by atoms with Crippen LogP contribution in [0.1, 0.15) is 29.0 Å². The van der Waals surface area contributed by atoms with Crippen molar-refractivity contribution in [2.75, 3.05) is 6.61 Å². The van der Waals surface area contributed by atoms with Crippen molar-refractivity contribution < 1.29 is 19.7 Å². The number of esters is 1. The van der Waals surface area contributed by atoms with E-state index < -0.39 is 23.5 Å². The van der Waals surface area contributed by atoms with Gasteiger partial charge in [0.2, 0.25) is 0 Å². The van der Waals surface area contributed by atoms with Crippen LogP contribution in [-0.4, -0.2) is 28.9 Å². The summed E-state index contributed by atoms with van der Waals surface area (Å²) in [5.74, 6) is -1.65. The zero-order chi connectivity index (χ0) is 19.6. The number of hydrogen-bond acceptors (Lipinski definition) is 4. The maximum absolute atomic E-state index is 12.7. The average Bonchev–Trinajstić information content (AvgIpc) is 3.04. The molecular weight excluding hydrogens is 488 g/mol. The molecular formula is C22H20Br2O4. The van der Waals surface area contributed by atoms with Gasteiger partial charge >= 0.3 is 5.97 Å². The van der Waals surface area contributed by atoms with E-state index in [1.165, 1.54) is 0 Å². The predicted molar refractivity (Wildman–Crippen MR) is 111 cm³/mol. The molecule has 2 aliphatic carbocycles. The molecule has 3 aliphatic rings. The molecule has 0 amide bonds. The minimum absolute atomic E-state index is 0.146. The van der Waals surface area contributed by atoms with Gasteiger partial charge in [0.25, 0.3) is 0 Å². The second kappa shape index (κ2) is 6.66. The summed E-state index contributed by atoms with van der Waals surface area (Å²) in [5, 5.41) is 23.2. The molecule has 1 aliphatic heterocycles. The normalized spacial score (nSPS) is 36.3. The number of hydrogen-bond donors (Lipinski definition) is 2. The highest BCUT2D eigenvalue weighted by Gasteiger charge is 2.64. The van der Waals surface area contributed by atoms with Crippen molar-refractivity contribution in [3.05, 3.63) is 68.1 Å². The highest BCUT2D eigenvalue weighted by atomic mass is 79.9. The Bertz CT molecular complexity index is 941. The summed E-state index contributed by atoms with van der Waals surface area (Å²) in [7, 11) is 0. The lowest BCUT2D eigenvalue weighted by atomic mass is 9.52. The van der Waals surface area contributed by atoms with Crippen molar-refractivity contribution in [1.82, 2.24) is 0 Å². The number of fused-ring (bicyclic) bond motifs is 4. The Balaban J connectivity index is 1.73. The number of halogens is 2. The molecule has 0 unspecified atom stereocenters. The Morgan fingerprint density at radius 2 is 1.79 bits per heavy atom. The number of aryl methyl sites for hydroxylation is 1. The average molecular weight is 508 g/mol. The van der Waals surface area contributed by atoms with Crippen LogP contribution < -0.4 is 0 Å². The maximum atomic E-state index is 12.7. The number of rotatable bonds is 1. The number of carbonyl (C=O) groups is 1. The Hall–Kier alpha value is -1.21. The molecule has 28 heavy (non-hydrogen) atoms. The summed E-state index contributed by atoms with van der Waals surface area (Å²) in [5.41, 5.74) is 1.43. The number of cyclic esters (lactones) is 1. The van der Waals surface area contributed by atoms with Crippen LogP contribution in [-0.2, 0) is 21.6 Å². The van der Waals surface area contributed by atoms with Crippen LogP contribution in [0.5, 0.6) is 0 Å². The molecule has 2 N–H and O–H groups in total. The molecule has 2 fully saturated rings. The van der Waals surface area contributed by atoms with Gasteiger partial charge in [-0.3, -0.25) is 4.79 Å². The SMILES string of the molecule is O=C1OC[C@H]2[C@H]1[C@H](c1cc(Br)cc(Br)c1)[C@H]1CCc3ccccc3[C@]1(O)[C@H]2O. The van der Waals surface area contributed by atoms with Crippen LogP contribution in [0.3, 0.4) is 0 Å². The second-order valence-corrected chi connectivity index (χ2v) is 9.95. The molecule has 2 aromatic carbocycles. The molecule has 0 aromatic heterocycles. The standard InChI is InChI=1S/C22H20Br2O4/c23-13-7-12(8-14(24)9-13)18-17-6-5-11-3-1-2-4-16(11)22(17,27)20(25)15-10-28-21(26)19(15)18/h1-4,7-9,15,17-20,25,27H,5-6,10H2/t15-,17+,18+,19-,20-,22+/m0/s1. The van der Waals surface area contributed by atoms with Gasteiger partial charge in [0.05, 0.1) is 18.6 Å². The largest absolute Gasteiger partial charge is 0.465 e. The van der Waals surface area contributed by atoms with Crippen LogP contribution in [0.4, 0.5) is 0 Å². The monoisotopic (exact) mass is 506 g/mol. The number of carbonyl (C=O) groups excluding carboxylic acids is 1. The van der Waals surface area contributed by atoms with Gasteiger partial charge in [-0.25, -0.2) is 0 Å². The lowest BCUT2D eigenvalue weighted by Crippen LogP contribution is -2.60. The van der Waals surface area contributed by atoms with E-state index in [0.29, 0.717) is 6.42 Å². The second-order valence-electron chi connectivity index (χ2n) is 8.12. The third-order valence-corrected chi connectivity index (χ3v) is 7.75. The van der Waals surface area contributed by atoms with Gasteiger partial charge in [0.15, 0.2) is 0 Å². The molecule has 5 rings (SSSR count). The van der Waals surface area contributed by atoms with Gasteiger partial charge in [0, 0.05) is 26.7 Å². The van der Waals surface area contributed by atoms with Crippen molar-refractivity contribution in [2.24, 2.45) is 17.8 Å². The highest BCUT2D eigenvalue weighted by molar-refractivity contribution is 9.11. The molecule has 0 spiro atoms. The minimum Gasteiger partial charge on any atom is -0.465 e. The molecule has 1 saturated heterocycles. The van der Waals surface area contributed by atoms with Crippen LogP contribution in [0.2, 0.25) is 0 Å².